The van der Waals surface area contributed by atoms with Crippen molar-refractivity contribution in [2.24, 2.45) is 0 Å². The lowest BCUT2D eigenvalue weighted by Crippen LogP contribution is -2.66. The molecule has 33 heavy (non-hydrogen) atoms. The second-order valence-electron chi connectivity index (χ2n) is 8.32. The van der Waals surface area contributed by atoms with Gasteiger partial charge >= 0.3 is 0 Å². The number of ether oxygens (including phenoxy) is 5. The van der Waals surface area contributed by atoms with Crippen molar-refractivity contribution in [3.05, 3.63) is 0 Å². The van der Waals surface area contributed by atoms with Crippen LogP contribution in [-0.2, 0) is 23.7 Å². The van der Waals surface area contributed by atoms with Crippen LogP contribution in [-0.4, -0.2) is 156 Å². The number of rotatable bonds is 6. The van der Waals surface area contributed by atoms with Crippen LogP contribution in [0, 0.1) is 0 Å². The fourth-order valence-corrected chi connectivity index (χ4v) is 3.97. The summed E-state index contributed by atoms with van der Waals surface area (Å²) in [4.78, 5) is 0. The van der Waals surface area contributed by atoms with E-state index in [0.29, 0.717) is 0 Å². The summed E-state index contributed by atoms with van der Waals surface area (Å²) in [5.74, 6) is 0. The van der Waals surface area contributed by atoms with Crippen LogP contribution in [0.25, 0.3) is 0 Å². The number of hydrogen-bond donors (Lipinski definition) is 10. The van der Waals surface area contributed by atoms with Gasteiger partial charge in [-0.2, -0.15) is 0 Å². The van der Waals surface area contributed by atoms with Crippen molar-refractivity contribution in [3.63, 3.8) is 0 Å². The summed E-state index contributed by atoms with van der Waals surface area (Å²) in [5, 5.41) is 100.0. The minimum absolute atomic E-state index is 0.747. The molecular formula is C18H32O15. The van der Waals surface area contributed by atoms with E-state index in [1.54, 1.807) is 0 Å². The largest absolute Gasteiger partial charge is 0.394 e. The molecule has 0 unspecified atom stereocenters. The highest BCUT2D eigenvalue weighted by Crippen LogP contribution is 2.32. The summed E-state index contributed by atoms with van der Waals surface area (Å²) >= 11 is 0. The fraction of sp³-hybridized carbons (Fsp3) is 1.00. The summed E-state index contributed by atoms with van der Waals surface area (Å²) in [6, 6.07) is 0. The average molecular weight is 488 g/mol. The zero-order chi connectivity index (χ0) is 24.6. The van der Waals surface area contributed by atoms with Crippen LogP contribution < -0.4 is 0 Å². The SMILES string of the molecule is C[C@@H]1O[C@@H](O[C@@H]2[C@@H](O[C@@H]3O[C@H](CO)[C@H](O)[C@H](O)[C@H]3O)[C@@H](O)[C@@H](CO)O[C@H]2O)[C@@H](O)[C@H](O)[C@@H]1O. The number of hydrogen-bond acceptors (Lipinski definition) is 15. The van der Waals surface area contributed by atoms with E-state index in [-0.39, 0.29) is 0 Å². The van der Waals surface area contributed by atoms with E-state index in [2.05, 4.69) is 0 Å². The van der Waals surface area contributed by atoms with Crippen molar-refractivity contribution in [2.75, 3.05) is 13.2 Å². The van der Waals surface area contributed by atoms with E-state index in [9.17, 15) is 51.1 Å². The van der Waals surface area contributed by atoms with Crippen molar-refractivity contribution in [2.45, 2.75) is 99.0 Å². The van der Waals surface area contributed by atoms with Gasteiger partial charge in [0.05, 0.1) is 19.3 Å². The van der Waals surface area contributed by atoms with Crippen molar-refractivity contribution in [1.29, 1.82) is 0 Å². The fourth-order valence-electron chi connectivity index (χ4n) is 3.97. The standard InChI is InChI=1S/C18H32O15/c1-4-7(21)10(24)12(26)17(29-4)33-15-14(9(23)6(3-20)30-16(15)28)32-18-13(27)11(25)8(22)5(2-19)31-18/h4-28H,2-3H2,1H3/t4-,5+,6+,7+,8-,9-,10+,11-,12-,13+,14-,15+,16+,17-,18-/m0/s1. The minimum Gasteiger partial charge on any atom is -0.394 e. The molecular weight excluding hydrogens is 456 g/mol. The van der Waals surface area contributed by atoms with Gasteiger partial charge in [-0.15, -0.1) is 0 Å². The van der Waals surface area contributed by atoms with Gasteiger partial charge in [-0.25, -0.2) is 0 Å². The van der Waals surface area contributed by atoms with Gasteiger partial charge in [0.15, 0.2) is 18.9 Å². The Hall–Kier alpha value is -0.600. The summed E-state index contributed by atoms with van der Waals surface area (Å²) < 4.78 is 26.7. The van der Waals surface area contributed by atoms with Crippen LogP contribution in [0.1, 0.15) is 6.92 Å². The van der Waals surface area contributed by atoms with Gasteiger partial charge in [0.1, 0.15) is 67.1 Å². The maximum Gasteiger partial charge on any atom is 0.187 e. The summed E-state index contributed by atoms with van der Waals surface area (Å²) in [6.07, 6.45) is -24.1. The summed E-state index contributed by atoms with van der Waals surface area (Å²) in [7, 11) is 0. The highest BCUT2D eigenvalue weighted by Gasteiger charge is 2.53. The van der Waals surface area contributed by atoms with Gasteiger partial charge in [-0.05, 0) is 6.92 Å². The molecule has 15 atom stereocenters. The van der Waals surface area contributed by atoms with Crippen molar-refractivity contribution >= 4 is 0 Å². The van der Waals surface area contributed by atoms with Gasteiger partial charge in [-0.1, -0.05) is 0 Å². The maximum atomic E-state index is 10.6. The van der Waals surface area contributed by atoms with E-state index in [4.69, 9.17) is 23.7 Å². The van der Waals surface area contributed by atoms with Crippen LogP contribution in [0.3, 0.4) is 0 Å². The zero-order valence-corrected chi connectivity index (χ0v) is 17.6. The molecule has 3 aliphatic rings. The lowest BCUT2D eigenvalue weighted by atomic mass is 9.96. The smallest absolute Gasteiger partial charge is 0.187 e. The first-order valence-electron chi connectivity index (χ1n) is 10.4. The van der Waals surface area contributed by atoms with Gasteiger partial charge in [0.25, 0.3) is 0 Å². The first-order valence-corrected chi connectivity index (χ1v) is 10.4. The number of aliphatic hydroxyl groups is 10. The first kappa shape index (κ1) is 27.0. The van der Waals surface area contributed by atoms with E-state index < -0.39 is 105 Å². The topological polar surface area (TPSA) is 248 Å². The Morgan fingerprint density at radius 2 is 1.03 bits per heavy atom. The second-order valence-corrected chi connectivity index (χ2v) is 8.32. The lowest BCUT2D eigenvalue weighted by molar-refractivity contribution is -0.386. The van der Waals surface area contributed by atoms with Crippen LogP contribution >= 0.6 is 0 Å². The van der Waals surface area contributed by atoms with Crippen LogP contribution in [0.15, 0.2) is 0 Å². The van der Waals surface area contributed by atoms with E-state index >= 15 is 0 Å². The molecule has 0 spiro atoms. The van der Waals surface area contributed by atoms with E-state index in [0.717, 1.165) is 0 Å². The Labute approximate surface area is 187 Å². The normalized spacial score (nSPS) is 53.7. The predicted molar refractivity (Wildman–Crippen MR) is 99.8 cm³/mol. The van der Waals surface area contributed by atoms with Crippen LogP contribution in [0.4, 0.5) is 0 Å². The van der Waals surface area contributed by atoms with Crippen molar-refractivity contribution in [1.82, 2.24) is 0 Å². The van der Waals surface area contributed by atoms with Crippen LogP contribution in [0.2, 0.25) is 0 Å². The molecule has 3 heterocycles. The molecule has 15 nitrogen and oxygen atoms in total. The van der Waals surface area contributed by atoms with Gasteiger partial charge < -0.3 is 74.7 Å². The molecule has 15 heteroatoms. The maximum absolute atomic E-state index is 10.6. The van der Waals surface area contributed by atoms with Gasteiger partial charge in [0.2, 0.25) is 0 Å². The van der Waals surface area contributed by atoms with Gasteiger partial charge in [-0.3, -0.25) is 0 Å². The monoisotopic (exact) mass is 488 g/mol. The molecule has 0 saturated carbocycles. The van der Waals surface area contributed by atoms with Gasteiger partial charge in [0, 0.05) is 0 Å². The number of aliphatic hydroxyl groups excluding tert-OH is 10. The molecule has 3 saturated heterocycles. The first-order chi connectivity index (χ1) is 15.5. The summed E-state index contributed by atoms with van der Waals surface area (Å²) in [6.45, 7) is -0.115. The Morgan fingerprint density at radius 1 is 0.545 bits per heavy atom. The van der Waals surface area contributed by atoms with E-state index in [1.807, 2.05) is 0 Å². The predicted octanol–water partition coefficient (Wildman–Crippen LogP) is -6.55. The minimum atomic E-state index is -1.88. The molecule has 0 aromatic rings. The van der Waals surface area contributed by atoms with Crippen molar-refractivity contribution in [3.8, 4) is 0 Å². The Balaban J connectivity index is 1.82. The zero-order valence-electron chi connectivity index (χ0n) is 17.6. The highest BCUT2D eigenvalue weighted by molar-refractivity contribution is 4.96. The average Bonchev–Trinajstić information content (AvgIpc) is 2.79. The third-order valence-corrected chi connectivity index (χ3v) is 6.06. The molecule has 3 aliphatic heterocycles. The molecule has 10 N–H and O–H groups in total. The molecule has 3 fully saturated rings. The molecule has 0 aromatic carbocycles. The van der Waals surface area contributed by atoms with Crippen LogP contribution in [0.5, 0.6) is 0 Å². The molecule has 0 bridgehead atoms. The molecule has 194 valence electrons. The molecule has 0 radical (unpaired) electrons. The third-order valence-electron chi connectivity index (χ3n) is 6.06. The molecule has 0 aromatic heterocycles. The quantitative estimate of drug-likeness (QED) is 0.167. The Kier molecular flexibility index (Phi) is 8.99. The second kappa shape index (κ2) is 11.0. The highest BCUT2D eigenvalue weighted by atomic mass is 16.8. The van der Waals surface area contributed by atoms with E-state index in [1.165, 1.54) is 6.92 Å². The van der Waals surface area contributed by atoms with Crippen molar-refractivity contribution < 1.29 is 74.7 Å². The Morgan fingerprint density at radius 3 is 1.61 bits per heavy atom. The lowest BCUT2D eigenvalue weighted by Gasteiger charge is -2.48. The third kappa shape index (κ3) is 5.32. The summed E-state index contributed by atoms with van der Waals surface area (Å²) in [5.41, 5.74) is 0. The molecule has 0 aliphatic carbocycles. The molecule has 3 rings (SSSR count). The molecule has 0 amide bonds. The Bertz CT molecular complexity index is 624.